The van der Waals surface area contributed by atoms with Crippen molar-refractivity contribution in [1.82, 2.24) is 15.0 Å². The molecule has 2 aromatic rings. The Morgan fingerprint density at radius 1 is 1.33 bits per heavy atom. The van der Waals surface area contributed by atoms with Crippen molar-refractivity contribution in [3.05, 3.63) is 17.8 Å². The standard InChI is InChI=1S/C9H10N4O2/c1-15-9-12-6-3-2-5(4-14)11-7(6)8(10)13-9/h2-3,14H,4H2,1H3,(H2,10,12,13). The summed E-state index contributed by atoms with van der Waals surface area (Å²) in [5, 5.41) is 8.92. The molecule has 15 heavy (non-hydrogen) atoms. The zero-order valence-electron chi connectivity index (χ0n) is 8.14. The van der Waals surface area contributed by atoms with Gasteiger partial charge in [-0.05, 0) is 12.1 Å². The van der Waals surface area contributed by atoms with E-state index in [2.05, 4.69) is 15.0 Å². The molecule has 0 bridgehead atoms. The predicted molar refractivity (Wildman–Crippen MR) is 54.2 cm³/mol. The molecule has 0 aliphatic heterocycles. The average molecular weight is 206 g/mol. The predicted octanol–water partition coefficient (Wildman–Crippen LogP) is 0.108. The molecule has 2 aromatic heterocycles. The van der Waals surface area contributed by atoms with E-state index in [1.165, 1.54) is 7.11 Å². The first kappa shape index (κ1) is 9.60. The third-order valence-corrected chi connectivity index (χ3v) is 1.95. The summed E-state index contributed by atoms with van der Waals surface area (Å²) in [6, 6.07) is 3.60. The number of anilines is 1. The number of pyridine rings is 1. The maximum atomic E-state index is 8.92. The topological polar surface area (TPSA) is 94.2 Å². The van der Waals surface area contributed by atoms with Crippen LogP contribution in [0.25, 0.3) is 11.0 Å². The van der Waals surface area contributed by atoms with E-state index >= 15 is 0 Å². The van der Waals surface area contributed by atoms with Gasteiger partial charge in [-0.25, -0.2) is 4.98 Å². The Hall–Kier alpha value is -1.95. The average Bonchev–Trinajstić information content (AvgIpc) is 2.28. The molecule has 0 saturated carbocycles. The monoisotopic (exact) mass is 206 g/mol. The second-order valence-corrected chi connectivity index (χ2v) is 2.92. The Bertz CT molecular complexity index is 501. The molecule has 0 atom stereocenters. The Labute approximate surface area is 85.7 Å². The molecule has 0 saturated heterocycles. The maximum Gasteiger partial charge on any atom is 0.318 e. The second kappa shape index (κ2) is 3.66. The van der Waals surface area contributed by atoms with E-state index in [4.69, 9.17) is 15.6 Å². The van der Waals surface area contributed by atoms with E-state index in [9.17, 15) is 0 Å². The van der Waals surface area contributed by atoms with Gasteiger partial charge in [-0.15, -0.1) is 0 Å². The molecule has 0 fully saturated rings. The minimum absolute atomic E-state index is 0.137. The Morgan fingerprint density at radius 3 is 2.80 bits per heavy atom. The molecule has 78 valence electrons. The highest BCUT2D eigenvalue weighted by atomic mass is 16.5. The van der Waals surface area contributed by atoms with Crippen molar-refractivity contribution in [2.75, 3.05) is 12.8 Å². The number of nitrogens with two attached hydrogens (primary N) is 1. The summed E-state index contributed by atoms with van der Waals surface area (Å²) in [4.78, 5) is 12.1. The van der Waals surface area contributed by atoms with Crippen LogP contribution >= 0.6 is 0 Å². The van der Waals surface area contributed by atoms with Gasteiger partial charge in [0.15, 0.2) is 5.82 Å². The van der Waals surface area contributed by atoms with Crippen LogP contribution in [0, 0.1) is 0 Å². The maximum absolute atomic E-state index is 8.92. The molecular weight excluding hydrogens is 196 g/mol. The lowest BCUT2D eigenvalue weighted by atomic mass is 10.3. The lowest BCUT2D eigenvalue weighted by Crippen LogP contribution is -2.01. The van der Waals surface area contributed by atoms with Gasteiger partial charge >= 0.3 is 6.01 Å². The number of hydrogen-bond acceptors (Lipinski definition) is 6. The van der Waals surface area contributed by atoms with Gasteiger partial charge in [-0.2, -0.15) is 9.97 Å². The minimum Gasteiger partial charge on any atom is -0.467 e. The fourth-order valence-corrected chi connectivity index (χ4v) is 1.23. The number of nitrogen functional groups attached to an aromatic ring is 1. The van der Waals surface area contributed by atoms with Gasteiger partial charge in [0.25, 0.3) is 0 Å². The molecule has 0 spiro atoms. The summed E-state index contributed by atoms with van der Waals surface area (Å²) in [5.41, 5.74) is 7.28. The van der Waals surface area contributed by atoms with E-state index in [1.807, 2.05) is 0 Å². The van der Waals surface area contributed by atoms with Crippen molar-refractivity contribution in [2.45, 2.75) is 6.61 Å². The number of aliphatic hydroxyl groups excluding tert-OH is 1. The van der Waals surface area contributed by atoms with Gasteiger partial charge in [0.05, 0.1) is 24.9 Å². The number of hydrogen-bond donors (Lipinski definition) is 2. The smallest absolute Gasteiger partial charge is 0.318 e. The fourth-order valence-electron chi connectivity index (χ4n) is 1.23. The number of aliphatic hydroxyl groups is 1. The molecule has 0 aliphatic rings. The summed E-state index contributed by atoms with van der Waals surface area (Å²) in [5.74, 6) is 0.243. The normalized spacial score (nSPS) is 10.5. The number of fused-ring (bicyclic) bond motifs is 1. The van der Waals surface area contributed by atoms with Crippen molar-refractivity contribution in [2.24, 2.45) is 0 Å². The number of methoxy groups -OCH3 is 1. The van der Waals surface area contributed by atoms with Crippen LogP contribution < -0.4 is 10.5 Å². The largest absolute Gasteiger partial charge is 0.467 e. The Morgan fingerprint density at radius 2 is 2.13 bits per heavy atom. The van der Waals surface area contributed by atoms with Crippen LogP contribution in [0.3, 0.4) is 0 Å². The minimum atomic E-state index is -0.137. The van der Waals surface area contributed by atoms with Crippen LogP contribution in [-0.2, 0) is 6.61 Å². The fraction of sp³-hybridized carbons (Fsp3) is 0.222. The summed E-state index contributed by atoms with van der Waals surface area (Å²) in [7, 11) is 1.47. The molecular formula is C9H10N4O2. The van der Waals surface area contributed by atoms with Crippen molar-refractivity contribution < 1.29 is 9.84 Å². The van der Waals surface area contributed by atoms with Crippen LogP contribution in [-0.4, -0.2) is 27.2 Å². The van der Waals surface area contributed by atoms with Crippen LogP contribution in [0.5, 0.6) is 6.01 Å². The van der Waals surface area contributed by atoms with Gasteiger partial charge in [0.1, 0.15) is 5.52 Å². The number of rotatable bonds is 2. The SMILES string of the molecule is COc1nc(N)c2nc(CO)ccc2n1. The third kappa shape index (κ3) is 1.66. The van der Waals surface area contributed by atoms with Crippen molar-refractivity contribution >= 4 is 16.9 Å². The lowest BCUT2D eigenvalue weighted by molar-refractivity contribution is 0.277. The molecule has 0 unspecified atom stereocenters. The Balaban J connectivity index is 2.68. The molecule has 0 aliphatic carbocycles. The van der Waals surface area contributed by atoms with E-state index in [-0.39, 0.29) is 18.4 Å². The van der Waals surface area contributed by atoms with Gasteiger partial charge in [-0.3, -0.25) is 0 Å². The van der Waals surface area contributed by atoms with Crippen molar-refractivity contribution in [1.29, 1.82) is 0 Å². The van der Waals surface area contributed by atoms with Crippen LogP contribution in [0.1, 0.15) is 5.69 Å². The number of nitrogens with zero attached hydrogens (tertiary/aromatic N) is 3. The molecule has 0 amide bonds. The first-order chi connectivity index (χ1) is 7.24. The molecule has 2 rings (SSSR count). The van der Waals surface area contributed by atoms with Crippen molar-refractivity contribution in [3.8, 4) is 6.01 Å². The third-order valence-electron chi connectivity index (χ3n) is 1.95. The molecule has 2 heterocycles. The molecule has 6 heteroatoms. The lowest BCUT2D eigenvalue weighted by Gasteiger charge is -2.04. The number of aromatic nitrogens is 3. The molecule has 3 N–H and O–H groups in total. The zero-order chi connectivity index (χ0) is 10.8. The molecule has 6 nitrogen and oxygen atoms in total. The van der Waals surface area contributed by atoms with E-state index in [0.29, 0.717) is 16.7 Å². The summed E-state index contributed by atoms with van der Waals surface area (Å²) in [6.07, 6.45) is 0. The van der Waals surface area contributed by atoms with E-state index < -0.39 is 0 Å². The Kier molecular flexibility index (Phi) is 2.34. The van der Waals surface area contributed by atoms with E-state index in [1.54, 1.807) is 12.1 Å². The zero-order valence-corrected chi connectivity index (χ0v) is 8.14. The van der Waals surface area contributed by atoms with Gasteiger partial charge in [-0.1, -0.05) is 0 Å². The molecule has 0 aromatic carbocycles. The first-order valence-electron chi connectivity index (χ1n) is 4.32. The van der Waals surface area contributed by atoms with Crippen LogP contribution in [0.15, 0.2) is 12.1 Å². The highest BCUT2D eigenvalue weighted by Crippen LogP contribution is 2.18. The number of ether oxygens (including phenoxy) is 1. The molecule has 0 radical (unpaired) electrons. The highest BCUT2D eigenvalue weighted by Gasteiger charge is 2.07. The quantitative estimate of drug-likeness (QED) is 0.724. The summed E-state index contributed by atoms with van der Waals surface area (Å²) >= 11 is 0. The van der Waals surface area contributed by atoms with Crippen LogP contribution in [0.4, 0.5) is 5.82 Å². The van der Waals surface area contributed by atoms with Gasteiger partial charge in [0, 0.05) is 0 Å². The second-order valence-electron chi connectivity index (χ2n) is 2.92. The van der Waals surface area contributed by atoms with Crippen molar-refractivity contribution in [3.63, 3.8) is 0 Å². The summed E-state index contributed by atoms with van der Waals surface area (Å²) in [6.45, 7) is -0.137. The van der Waals surface area contributed by atoms with Crippen LogP contribution in [0.2, 0.25) is 0 Å². The van der Waals surface area contributed by atoms with Gasteiger partial charge in [0.2, 0.25) is 0 Å². The van der Waals surface area contributed by atoms with Gasteiger partial charge < -0.3 is 15.6 Å². The summed E-state index contributed by atoms with van der Waals surface area (Å²) < 4.78 is 4.88. The van der Waals surface area contributed by atoms with E-state index in [0.717, 1.165) is 0 Å². The highest BCUT2D eigenvalue weighted by molar-refractivity contribution is 5.84. The first-order valence-corrected chi connectivity index (χ1v) is 4.32.